The highest BCUT2D eigenvalue weighted by Gasteiger charge is 2.34. The average molecular weight is 282 g/mol. The van der Waals surface area contributed by atoms with E-state index in [1.165, 1.54) is 4.90 Å². The molecule has 0 atom stereocenters. The number of hydrogen-bond donors (Lipinski definition) is 0. The molecule has 3 rings (SSSR count). The molecule has 0 spiro atoms. The van der Waals surface area contributed by atoms with E-state index in [-0.39, 0.29) is 11.8 Å². The van der Waals surface area contributed by atoms with E-state index in [9.17, 15) is 9.59 Å². The summed E-state index contributed by atoms with van der Waals surface area (Å²) in [4.78, 5) is 26.7. The minimum Gasteiger partial charge on any atom is -0.273 e. The first-order chi connectivity index (χ1) is 9.77. The standard InChI is InChI=1S/C16H12NO2S/c18-15-13-8-4-5-9-14(13)16(19)17(15)10-11-20-12-6-2-1-3-7-12/h2-9H,10-11H2. The number of rotatable bonds is 4. The molecule has 1 aliphatic heterocycles. The van der Waals surface area contributed by atoms with Gasteiger partial charge in [-0.3, -0.25) is 14.5 Å². The summed E-state index contributed by atoms with van der Waals surface area (Å²) in [6.45, 7) is 0.426. The molecule has 4 heteroatoms. The van der Waals surface area contributed by atoms with Crippen molar-refractivity contribution in [2.75, 3.05) is 12.3 Å². The van der Waals surface area contributed by atoms with Gasteiger partial charge in [0.15, 0.2) is 0 Å². The first-order valence-corrected chi connectivity index (χ1v) is 7.30. The normalized spacial score (nSPS) is 13.7. The van der Waals surface area contributed by atoms with Crippen molar-refractivity contribution in [2.24, 2.45) is 0 Å². The van der Waals surface area contributed by atoms with Crippen LogP contribution in [-0.4, -0.2) is 29.0 Å². The van der Waals surface area contributed by atoms with Crippen LogP contribution in [0, 0.1) is 6.07 Å². The van der Waals surface area contributed by atoms with Gasteiger partial charge in [-0.1, -0.05) is 24.3 Å². The Morgan fingerprint density at radius 3 is 2.15 bits per heavy atom. The maximum atomic E-state index is 12.1. The second-order valence-corrected chi connectivity index (χ2v) is 5.56. The van der Waals surface area contributed by atoms with Crippen LogP contribution in [0.4, 0.5) is 0 Å². The molecule has 0 saturated heterocycles. The van der Waals surface area contributed by atoms with E-state index in [4.69, 9.17) is 0 Å². The Morgan fingerprint density at radius 2 is 1.55 bits per heavy atom. The lowest BCUT2D eigenvalue weighted by atomic mass is 10.1. The lowest BCUT2D eigenvalue weighted by Crippen LogP contribution is -2.31. The predicted octanol–water partition coefficient (Wildman–Crippen LogP) is 2.88. The number of benzene rings is 2. The fraction of sp³-hybridized carbons (Fsp3) is 0.125. The van der Waals surface area contributed by atoms with Crippen molar-refractivity contribution in [1.29, 1.82) is 0 Å². The number of fused-ring (bicyclic) bond motifs is 1. The molecular weight excluding hydrogens is 270 g/mol. The second kappa shape index (κ2) is 5.51. The third-order valence-corrected chi connectivity index (χ3v) is 4.14. The number of nitrogens with zero attached hydrogens (tertiary/aromatic N) is 1. The molecular formula is C16H12NO2S. The van der Waals surface area contributed by atoms with Crippen molar-refractivity contribution in [3.63, 3.8) is 0 Å². The molecule has 0 fully saturated rings. The molecule has 0 bridgehead atoms. The lowest BCUT2D eigenvalue weighted by Gasteiger charge is -2.13. The monoisotopic (exact) mass is 282 g/mol. The Morgan fingerprint density at radius 1 is 0.950 bits per heavy atom. The van der Waals surface area contributed by atoms with E-state index in [1.54, 1.807) is 36.0 Å². The largest absolute Gasteiger partial charge is 0.273 e. The van der Waals surface area contributed by atoms with Gasteiger partial charge in [-0.15, -0.1) is 11.8 Å². The minimum absolute atomic E-state index is 0.187. The topological polar surface area (TPSA) is 37.4 Å². The smallest absolute Gasteiger partial charge is 0.261 e. The highest BCUT2D eigenvalue weighted by atomic mass is 32.2. The summed E-state index contributed by atoms with van der Waals surface area (Å²) in [5.41, 5.74) is 1.02. The Balaban J connectivity index is 1.65. The predicted molar refractivity (Wildman–Crippen MR) is 77.8 cm³/mol. The highest BCUT2D eigenvalue weighted by Crippen LogP contribution is 2.24. The Labute approximate surface area is 121 Å². The molecule has 0 aromatic heterocycles. The third-order valence-electron chi connectivity index (χ3n) is 3.15. The maximum absolute atomic E-state index is 12.1. The van der Waals surface area contributed by atoms with Gasteiger partial charge in [0.2, 0.25) is 0 Å². The van der Waals surface area contributed by atoms with Crippen molar-refractivity contribution in [3.05, 3.63) is 65.7 Å². The number of carbonyl (C=O) groups is 2. The average Bonchev–Trinajstić information content (AvgIpc) is 2.74. The molecule has 2 aromatic rings. The van der Waals surface area contributed by atoms with Crippen LogP contribution < -0.4 is 0 Å². The molecule has 1 heterocycles. The Bertz CT molecular complexity index is 620. The molecule has 1 aliphatic rings. The van der Waals surface area contributed by atoms with Crippen LogP contribution in [0.2, 0.25) is 0 Å². The van der Waals surface area contributed by atoms with Crippen molar-refractivity contribution in [3.8, 4) is 0 Å². The highest BCUT2D eigenvalue weighted by molar-refractivity contribution is 7.99. The van der Waals surface area contributed by atoms with Gasteiger partial charge in [0.1, 0.15) is 0 Å². The Hall–Kier alpha value is -2.07. The zero-order valence-electron chi connectivity index (χ0n) is 10.7. The first-order valence-electron chi connectivity index (χ1n) is 6.31. The van der Waals surface area contributed by atoms with Crippen LogP contribution in [0.1, 0.15) is 20.7 Å². The van der Waals surface area contributed by atoms with Crippen LogP contribution in [0.15, 0.2) is 53.4 Å². The maximum Gasteiger partial charge on any atom is 0.261 e. The molecule has 99 valence electrons. The molecule has 0 N–H and O–H groups in total. The second-order valence-electron chi connectivity index (χ2n) is 4.39. The van der Waals surface area contributed by atoms with E-state index in [2.05, 4.69) is 6.07 Å². The van der Waals surface area contributed by atoms with Gasteiger partial charge in [0.05, 0.1) is 11.1 Å². The minimum atomic E-state index is -0.187. The molecule has 2 amide bonds. The van der Waals surface area contributed by atoms with E-state index < -0.39 is 0 Å². The molecule has 20 heavy (non-hydrogen) atoms. The summed E-state index contributed by atoms with van der Waals surface area (Å²) in [5, 5.41) is 0. The summed E-state index contributed by atoms with van der Waals surface area (Å²) in [5.74, 6) is 0.315. The summed E-state index contributed by atoms with van der Waals surface area (Å²) in [6.07, 6.45) is 0. The molecule has 1 radical (unpaired) electrons. The van der Waals surface area contributed by atoms with Crippen LogP contribution >= 0.6 is 11.8 Å². The van der Waals surface area contributed by atoms with Crippen molar-refractivity contribution in [2.45, 2.75) is 4.90 Å². The summed E-state index contributed by atoms with van der Waals surface area (Å²) < 4.78 is 0. The Kier molecular flexibility index (Phi) is 3.56. The van der Waals surface area contributed by atoms with Crippen LogP contribution in [0.3, 0.4) is 0 Å². The molecule has 0 saturated carbocycles. The van der Waals surface area contributed by atoms with E-state index >= 15 is 0 Å². The molecule has 0 aliphatic carbocycles. The van der Waals surface area contributed by atoms with Crippen LogP contribution in [0.5, 0.6) is 0 Å². The lowest BCUT2D eigenvalue weighted by molar-refractivity contribution is 0.0664. The molecule has 3 nitrogen and oxygen atoms in total. The zero-order valence-corrected chi connectivity index (χ0v) is 11.5. The van der Waals surface area contributed by atoms with E-state index in [1.807, 2.05) is 24.3 Å². The van der Waals surface area contributed by atoms with Crippen LogP contribution in [-0.2, 0) is 0 Å². The van der Waals surface area contributed by atoms with Crippen LogP contribution in [0.25, 0.3) is 0 Å². The van der Waals surface area contributed by atoms with Crippen molar-refractivity contribution in [1.82, 2.24) is 4.90 Å². The fourth-order valence-electron chi connectivity index (χ4n) is 2.16. The third kappa shape index (κ3) is 2.34. The van der Waals surface area contributed by atoms with E-state index in [0.29, 0.717) is 23.4 Å². The summed E-state index contributed by atoms with van der Waals surface area (Å²) in [6, 6.07) is 17.6. The van der Waals surface area contributed by atoms with Crippen molar-refractivity contribution < 1.29 is 9.59 Å². The van der Waals surface area contributed by atoms with Gasteiger partial charge in [0.25, 0.3) is 11.8 Å². The molecule has 2 aromatic carbocycles. The van der Waals surface area contributed by atoms with Gasteiger partial charge < -0.3 is 0 Å². The van der Waals surface area contributed by atoms with Gasteiger partial charge in [-0.25, -0.2) is 0 Å². The SMILES string of the molecule is O=C1c2ccccc2C(=O)N1CCSc1cc[c]cc1. The molecule has 0 unspecified atom stereocenters. The number of thioether (sulfide) groups is 1. The number of carbonyl (C=O) groups excluding carboxylic acids is 2. The number of amides is 2. The fourth-order valence-corrected chi connectivity index (χ4v) is 3.00. The van der Waals surface area contributed by atoms with Gasteiger partial charge in [0, 0.05) is 17.2 Å². The van der Waals surface area contributed by atoms with E-state index in [0.717, 1.165) is 4.90 Å². The quantitative estimate of drug-likeness (QED) is 0.639. The first kappa shape index (κ1) is 12.9. The van der Waals surface area contributed by atoms with Gasteiger partial charge >= 0.3 is 0 Å². The van der Waals surface area contributed by atoms with Gasteiger partial charge in [-0.05, 0) is 30.3 Å². The zero-order chi connectivity index (χ0) is 13.9. The van der Waals surface area contributed by atoms with Crippen molar-refractivity contribution >= 4 is 23.6 Å². The summed E-state index contributed by atoms with van der Waals surface area (Å²) >= 11 is 1.62. The number of imide groups is 1. The number of hydrogen-bond acceptors (Lipinski definition) is 3. The van der Waals surface area contributed by atoms with Gasteiger partial charge in [-0.2, -0.15) is 0 Å². The summed E-state index contributed by atoms with van der Waals surface area (Å²) in [7, 11) is 0.